The zero-order valence-corrected chi connectivity index (χ0v) is 17.3. The second-order valence-electron chi connectivity index (χ2n) is 6.83. The highest BCUT2D eigenvalue weighted by Crippen LogP contribution is 2.12. The Morgan fingerprint density at radius 3 is 2.62 bits per heavy atom. The lowest BCUT2D eigenvalue weighted by molar-refractivity contribution is -0.120. The fourth-order valence-electron chi connectivity index (χ4n) is 2.76. The van der Waals surface area contributed by atoms with Gasteiger partial charge in [0, 0.05) is 13.0 Å². The fraction of sp³-hybridized carbons (Fsp3) is 0.227. The maximum atomic E-state index is 11.8. The Labute approximate surface area is 183 Å². The van der Waals surface area contributed by atoms with Crippen LogP contribution in [-0.4, -0.2) is 40.5 Å². The molecule has 3 rings (SSSR count). The van der Waals surface area contributed by atoms with E-state index in [1.54, 1.807) is 0 Å². The summed E-state index contributed by atoms with van der Waals surface area (Å²) in [4.78, 5) is 36.2. The number of H-pyrrole nitrogens is 2. The van der Waals surface area contributed by atoms with Crippen molar-refractivity contribution < 1.29 is 9.53 Å². The van der Waals surface area contributed by atoms with Crippen molar-refractivity contribution in [3.05, 3.63) is 86.6 Å². The van der Waals surface area contributed by atoms with E-state index in [9.17, 15) is 14.4 Å². The van der Waals surface area contributed by atoms with Crippen molar-refractivity contribution in [2.45, 2.75) is 19.3 Å². The molecule has 0 aliphatic rings. The van der Waals surface area contributed by atoms with E-state index >= 15 is 0 Å². The summed E-state index contributed by atoms with van der Waals surface area (Å²) < 4.78 is 5.75. The molecule has 0 spiro atoms. The summed E-state index contributed by atoms with van der Waals surface area (Å²) in [5.74, 6) is 0.368. The minimum atomic E-state index is -0.699. The van der Waals surface area contributed by atoms with E-state index in [4.69, 9.17) is 4.74 Å². The van der Waals surface area contributed by atoms with Crippen LogP contribution in [0.4, 0.5) is 5.82 Å². The van der Waals surface area contributed by atoms with Gasteiger partial charge in [-0.15, -0.1) is 5.10 Å². The van der Waals surface area contributed by atoms with Gasteiger partial charge in [0.15, 0.2) is 0 Å². The topological polar surface area (TPSA) is 141 Å². The Bertz CT molecular complexity index is 1140. The van der Waals surface area contributed by atoms with Crippen molar-refractivity contribution in [1.29, 1.82) is 0 Å². The maximum absolute atomic E-state index is 11.8. The SMILES string of the molecule is O=C(CCNc1n[nH]c(=O)[nH]c1=O)N/N=C/c1ccc(OCCCc2ccccc2)cc1. The highest BCUT2D eigenvalue weighted by molar-refractivity contribution is 5.82. The van der Waals surface area contributed by atoms with Crippen LogP contribution in [0.25, 0.3) is 0 Å². The van der Waals surface area contributed by atoms with Crippen LogP contribution in [0.2, 0.25) is 0 Å². The van der Waals surface area contributed by atoms with Crippen LogP contribution in [0.5, 0.6) is 5.75 Å². The normalized spacial score (nSPS) is 10.8. The zero-order valence-electron chi connectivity index (χ0n) is 17.3. The van der Waals surface area contributed by atoms with E-state index in [0.717, 1.165) is 24.2 Å². The molecule has 0 unspecified atom stereocenters. The minimum Gasteiger partial charge on any atom is -0.494 e. The van der Waals surface area contributed by atoms with Gasteiger partial charge in [0.2, 0.25) is 11.7 Å². The highest BCUT2D eigenvalue weighted by Gasteiger charge is 2.04. The number of hydrogen-bond acceptors (Lipinski definition) is 7. The van der Waals surface area contributed by atoms with Crippen LogP contribution in [0.3, 0.4) is 0 Å². The molecule has 166 valence electrons. The summed E-state index contributed by atoms with van der Waals surface area (Å²) >= 11 is 0. The number of aryl methyl sites for hydroxylation is 1. The number of nitrogens with zero attached hydrogens (tertiary/aromatic N) is 2. The van der Waals surface area contributed by atoms with E-state index < -0.39 is 11.2 Å². The Morgan fingerprint density at radius 2 is 1.88 bits per heavy atom. The van der Waals surface area contributed by atoms with Crippen molar-refractivity contribution >= 4 is 17.9 Å². The predicted molar refractivity (Wildman–Crippen MR) is 121 cm³/mol. The van der Waals surface area contributed by atoms with E-state index in [1.807, 2.05) is 47.4 Å². The molecule has 2 aromatic carbocycles. The molecular weight excluding hydrogens is 412 g/mol. The number of ether oxygens (including phenoxy) is 1. The van der Waals surface area contributed by atoms with Gasteiger partial charge in [-0.05, 0) is 48.2 Å². The van der Waals surface area contributed by atoms with Crippen LogP contribution < -0.4 is 26.7 Å². The minimum absolute atomic E-state index is 0.0628. The molecule has 10 heteroatoms. The number of rotatable bonds is 11. The van der Waals surface area contributed by atoms with Crippen LogP contribution >= 0.6 is 0 Å². The number of nitrogens with one attached hydrogen (secondary N) is 4. The second-order valence-corrected chi connectivity index (χ2v) is 6.83. The summed E-state index contributed by atoms with van der Waals surface area (Å²) in [6.07, 6.45) is 3.49. The second kappa shape index (κ2) is 11.8. The predicted octanol–water partition coefficient (Wildman–Crippen LogP) is 1.42. The summed E-state index contributed by atoms with van der Waals surface area (Å²) in [5.41, 5.74) is 3.16. The van der Waals surface area contributed by atoms with Gasteiger partial charge in [-0.1, -0.05) is 30.3 Å². The summed E-state index contributed by atoms with van der Waals surface area (Å²) in [5, 5.41) is 12.2. The zero-order chi connectivity index (χ0) is 22.6. The van der Waals surface area contributed by atoms with E-state index in [0.29, 0.717) is 6.61 Å². The molecule has 0 saturated heterocycles. The molecule has 10 nitrogen and oxygen atoms in total. The number of amides is 1. The van der Waals surface area contributed by atoms with Gasteiger partial charge in [-0.3, -0.25) is 14.6 Å². The lowest BCUT2D eigenvalue weighted by atomic mass is 10.1. The number of aromatic amines is 2. The third-order valence-electron chi connectivity index (χ3n) is 4.36. The highest BCUT2D eigenvalue weighted by atomic mass is 16.5. The van der Waals surface area contributed by atoms with Gasteiger partial charge in [-0.25, -0.2) is 15.3 Å². The lowest BCUT2D eigenvalue weighted by Crippen LogP contribution is -2.28. The molecule has 32 heavy (non-hydrogen) atoms. The Balaban J connectivity index is 1.33. The Morgan fingerprint density at radius 1 is 1.09 bits per heavy atom. The van der Waals surface area contributed by atoms with Crippen molar-refractivity contribution in [3.8, 4) is 5.75 Å². The summed E-state index contributed by atoms with van der Waals surface area (Å²) in [6, 6.07) is 17.7. The average Bonchev–Trinajstić information content (AvgIpc) is 2.80. The Hall–Kier alpha value is -4.21. The van der Waals surface area contributed by atoms with Gasteiger partial charge in [0.1, 0.15) is 5.75 Å². The molecule has 0 aliphatic heterocycles. The molecule has 0 bridgehead atoms. The van der Waals surface area contributed by atoms with Crippen LogP contribution in [0.15, 0.2) is 69.3 Å². The first kappa shape index (κ1) is 22.5. The number of benzene rings is 2. The van der Waals surface area contributed by atoms with Crippen LogP contribution in [-0.2, 0) is 11.2 Å². The smallest absolute Gasteiger partial charge is 0.342 e. The third-order valence-corrected chi connectivity index (χ3v) is 4.36. The number of hydrogen-bond donors (Lipinski definition) is 4. The van der Waals surface area contributed by atoms with Crippen molar-refractivity contribution in [2.75, 3.05) is 18.5 Å². The first-order valence-electron chi connectivity index (χ1n) is 10.1. The maximum Gasteiger partial charge on any atom is 0.342 e. The molecule has 1 heterocycles. The first-order chi connectivity index (χ1) is 15.6. The number of aromatic nitrogens is 3. The molecule has 0 fully saturated rings. The summed E-state index contributed by atoms with van der Waals surface area (Å²) in [6.45, 7) is 0.784. The standard InChI is InChI=1S/C22H24N6O4/c29-19(12-13-23-20-21(30)25-22(31)28-27-20)26-24-15-17-8-10-18(11-9-17)32-14-4-7-16-5-2-1-3-6-16/h1-3,5-6,8-11,15H,4,7,12-14H2,(H,23,27)(H,26,29)(H2,25,28,30,31)/b24-15+. The number of carbonyl (C=O) groups excluding carboxylic acids is 1. The van der Waals surface area contributed by atoms with Crippen LogP contribution in [0.1, 0.15) is 24.0 Å². The molecule has 0 saturated carbocycles. The van der Waals surface area contributed by atoms with E-state index in [2.05, 4.69) is 38.2 Å². The van der Waals surface area contributed by atoms with Gasteiger partial charge < -0.3 is 10.1 Å². The number of carbonyl (C=O) groups is 1. The van der Waals surface area contributed by atoms with Crippen molar-refractivity contribution in [1.82, 2.24) is 20.6 Å². The molecule has 3 aromatic rings. The monoisotopic (exact) mass is 436 g/mol. The molecule has 0 aliphatic carbocycles. The Kier molecular flexibility index (Phi) is 8.32. The third kappa shape index (κ3) is 7.56. The summed E-state index contributed by atoms with van der Waals surface area (Å²) in [7, 11) is 0. The van der Waals surface area contributed by atoms with Crippen molar-refractivity contribution in [2.24, 2.45) is 5.10 Å². The number of hydrazone groups is 1. The molecule has 0 radical (unpaired) electrons. The van der Waals surface area contributed by atoms with Gasteiger partial charge in [-0.2, -0.15) is 5.10 Å². The molecule has 1 aromatic heterocycles. The van der Waals surface area contributed by atoms with E-state index in [1.165, 1.54) is 11.8 Å². The lowest BCUT2D eigenvalue weighted by Gasteiger charge is -2.06. The quantitative estimate of drug-likeness (QED) is 0.204. The van der Waals surface area contributed by atoms with Gasteiger partial charge in [0.25, 0.3) is 5.56 Å². The molecular formula is C22H24N6O4. The van der Waals surface area contributed by atoms with Crippen LogP contribution in [0, 0.1) is 0 Å². The molecule has 0 atom stereocenters. The van der Waals surface area contributed by atoms with Gasteiger partial charge >= 0.3 is 5.69 Å². The number of anilines is 1. The fourth-order valence-corrected chi connectivity index (χ4v) is 2.76. The largest absolute Gasteiger partial charge is 0.494 e. The van der Waals surface area contributed by atoms with Crippen molar-refractivity contribution in [3.63, 3.8) is 0 Å². The van der Waals surface area contributed by atoms with E-state index in [-0.39, 0.29) is 24.7 Å². The molecule has 1 amide bonds. The first-order valence-corrected chi connectivity index (χ1v) is 10.1. The average molecular weight is 436 g/mol. The van der Waals surface area contributed by atoms with Gasteiger partial charge in [0.05, 0.1) is 12.8 Å². The molecule has 4 N–H and O–H groups in total.